The molecule has 0 radical (unpaired) electrons. The van der Waals surface area contributed by atoms with Crippen LogP contribution in [-0.2, 0) is 10.0 Å². The van der Waals surface area contributed by atoms with E-state index in [1.165, 1.54) is 22.5 Å². The third-order valence-corrected chi connectivity index (χ3v) is 6.28. The predicted molar refractivity (Wildman–Crippen MR) is 84.0 cm³/mol. The molecule has 1 saturated heterocycles. The van der Waals surface area contributed by atoms with E-state index in [0.29, 0.717) is 37.5 Å². The number of halogens is 2. The van der Waals surface area contributed by atoms with Crippen LogP contribution in [0.25, 0.3) is 0 Å². The molecule has 2 N–H and O–H groups in total. The van der Waals surface area contributed by atoms with E-state index in [1.807, 2.05) is 0 Å². The monoisotopic (exact) mass is 366 g/mol. The van der Waals surface area contributed by atoms with Crippen molar-refractivity contribution in [3.63, 3.8) is 0 Å². The topological polar surface area (TPSA) is 86.7 Å². The number of hydrogen-bond donors (Lipinski definition) is 2. The fourth-order valence-corrected chi connectivity index (χ4v) is 4.23. The van der Waals surface area contributed by atoms with Gasteiger partial charge in [-0.15, -0.1) is 0 Å². The Morgan fingerprint density at radius 1 is 1.27 bits per heavy atom. The van der Waals surface area contributed by atoms with Gasteiger partial charge in [-0.05, 0) is 37.0 Å². The van der Waals surface area contributed by atoms with Crippen LogP contribution in [0.1, 0.15) is 12.8 Å². The lowest BCUT2D eigenvalue weighted by Crippen LogP contribution is -2.41. The van der Waals surface area contributed by atoms with Gasteiger partial charge in [-0.2, -0.15) is 4.31 Å². The van der Waals surface area contributed by atoms with Gasteiger partial charge in [0.25, 0.3) is 0 Å². The Balaban J connectivity index is 2.03. The van der Waals surface area contributed by atoms with Gasteiger partial charge in [0.15, 0.2) is 0 Å². The molecule has 0 bridgehead atoms. The molecule has 9 heteroatoms. The number of carboxylic acid groups (broad SMARTS) is 1. The first-order valence-corrected chi connectivity index (χ1v) is 8.92. The van der Waals surface area contributed by atoms with Gasteiger partial charge in [-0.1, -0.05) is 23.2 Å². The van der Waals surface area contributed by atoms with Crippen molar-refractivity contribution in [1.82, 2.24) is 9.62 Å². The number of nitrogens with zero attached hydrogens (tertiary/aromatic N) is 1. The number of piperidine rings is 1. The number of sulfonamides is 1. The van der Waals surface area contributed by atoms with E-state index < -0.39 is 16.1 Å². The van der Waals surface area contributed by atoms with E-state index in [9.17, 15) is 13.2 Å². The van der Waals surface area contributed by atoms with Gasteiger partial charge in [0.1, 0.15) is 0 Å². The largest absolute Gasteiger partial charge is 0.465 e. The van der Waals surface area contributed by atoms with E-state index in [2.05, 4.69) is 5.32 Å². The second-order valence-electron chi connectivity index (χ2n) is 5.11. The number of carbonyl (C=O) groups is 1. The molecular weight excluding hydrogens is 351 g/mol. The predicted octanol–water partition coefficient (Wildman–Crippen LogP) is 2.66. The van der Waals surface area contributed by atoms with Crippen molar-refractivity contribution in [2.24, 2.45) is 5.92 Å². The third-order valence-electron chi connectivity index (χ3n) is 3.64. The molecule has 122 valence electrons. The lowest BCUT2D eigenvalue weighted by molar-refractivity contribution is 0.188. The Hall–Kier alpha value is -1.02. The Labute approximate surface area is 139 Å². The molecule has 0 unspecified atom stereocenters. The number of hydrogen-bond acceptors (Lipinski definition) is 3. The molecule has 1 fully saturated rings. The molecule has 0 atom stereocenters. The minimum atomic E-state index is -3.60. The highest BCUT2D eigenvalue weighted by Gasteiger charge is 2.29. The maximum Gasteiger partial charge on any atom is 0.404 e. The van der Waals surface area contributed by atoms with Gasteiger partial charge in [0.2, 0.25) is 10.0 Å². The van der Waals surface area contributed by atoms with Crippen molar-refractivity contribution in [3.8, 4) is 0 Å². The van der Waals surface area contributed by atoms with Crippen LogP contribution in [0.2, 0.25) is 10.0 Å². The first kappa shape index (κ1) is 17.3. The molecule has 0 aliphatic carbocycles. The van der Waals surface area contributed by atoms with Crippen LogP contribution in [0.4, 0.5) is 4.79 Å². The van der Waals surface area contributed by atoms with Gasteiger partial charge in [-0.3, -0.25) is 0 Å². The summed E-state index contributed by atoms with van der Waals surface area (Å²) >= 11 is 11.7. The van der Waals surface area contributed by atoms with Gasteiger partial charge in [0, 0.05) is 19.6 Å². The molecule has 1 amide bonds. The molecular formula is C13H16Cl2N2O4S. The zero-order chi connectivity index (χ0) is 16.3. The second-order valence-corrected chi connectivity index (χ2v) is 7.86. The number of amides is 1. The summed E-state index contributed by atoms with van der Waals surface area (Å²) in [5, 5.41) is 11.4. The number of nitrogens with one attached hydrogen (secondary N) is 1. The molecule has 0 spiro atoms. The lowest BCUT2D eigenvalue weighted by atomic mass is 9.98. The standard InChI is InChI=1S/C13H16Cl2N2O4S/c14-11-2-1-10(7-12(11)15)22(20,21)17-5-3-9(4-6-17)8-16-13(18)19/h1-2,7,9,16H,3-6,8H2,(H,18,19). The smallest absolute Gasteiger partial charge is 0.404 e. The average molecular weight is 367 g/mol. The number of rotatable bonds is 4. The highest BCUT2D eigenvalue weighted by atomic mass is 35.5. The van der Waals surface area contributed by atoms with Crippen LogP contribution in [-0.4, -0.2) is 43.6 Å². The highest BCUT2D eigenvalue weighted by molar-refractivity contribution is 7.89. The first-order chi connectivity index (χ1) is 10.3. The van der Waals surface area contributed by atoms with Gasteiger partial charge in [-0.25, -0.2) is 13.2 Å². The quantitative estimate of drug-likeness (QED) is 0.857. The zero-order valence-electron chi connectivity index (χ0n) is 11.6. The highest BCUT2D eigenvalue weighted by Crippen LogP contribution is 2.28. The second kappa shape index (κ2) is 7.04. The van der Waals surface area contributed by atoms with E-state index >= 15 is 0 Å². The summed E-state index contributed by atoms with van der Waals surface area (Å²) in [7, 11) is -3.60. The SMILES string of the molecule is O=C(O)NCC1CCN(S(=O)(=O)c2ccc(Cl)c(Cl)c2)CC1. The molecule has 1 aliphatic heterocycles. The molecule has 22 heavy (non-hydrogen) atoms. The third kappa shape index (κ3) is 4.04. The maximum atomic E-state index is 12.5. The summed E-state index contributed by atoms with van der Waals surface area (Å²) in [6, 6.07) is 4.24. The lowest BCUT2D eigenvalue weighted by Gasteiger charge is -2.31. The van der Waals surface area contributed by atoms with Crippen LogP contribution < -0.4 is 5.32 Å². The van der Waals surface area contributed by atoms with E-state index in [0.717, 1.165) is 0 Å². The Morgan fingerprint density at radius 3 is 2.45 bits per heavy atom. The molecule has 2 rings (SSSR count). The van der Waals surface area contributed by atoms with Crippen molar-refractivity contribution < 1.29 is 18.3 Å². The van der Waals surface area contributed by atoms with E-state index in [1.54, 1.807) is 0 Å². The fourth-order valence-electron chi connectivity index (χ4n) is 2.37. The van der Waals surface area contributed by atoms with Crippen molar-refractivity contribution in [3.05, 3.63) is 28.2 Å². The summed E-state index contributed by atoms with van der Waals surface area (Å²) in [6.45, 7) is 1.05. The normalized spacial score (nSPS) is 17.4. The maximum absolute atomic E-state index is 12.5. The molecule has 1 aromatic carbocycles. The Kier molecular flexibility index (Phi) is 5.55. The fraction of sp³-hybridized carbons (Fsp3) is 0.462. The molecule has 6 nitrogen and oxygen atoms in total. The summed E-state index contributed by atoms with van der Waals surface area (Å²) in [6.07, 6.45) is 0.160. The van der Waals surface area contributed by atoms with Crippen LogP contribution in [0, 0.1) is 5.92 Å². The zero-order valence-corrected chi connectivity index (χ0v) is 14.0. The molecule has 0 aromatic heterocycles. The van der Waals surface area contributed by atoms with Gasteiger partial charge in [0.05, 0.1) is 14.9 Å². The summed E-state index contributed by atoms with van der Waals surface area (Å²) in [5.41, 5.74) is 0. The Morgan fingerprint density at radius 2 is 1.91 bits per heavy atom. The van der Waals surface area contributed by atoms with Crippen LogP contribution in [0.15, 0.2) is 23.1 Å². The van der Waals surface area contributed by atoms with Crippen molar-refractivity contribution >= 4 is 39.3 Å². The molecule has 1 aliphatic rings. The van der Waals surface area contributed by atoms with Crippen molar-refractivity contribution in [2.45, 2.75) is 17.7 Å². The van der Waals surface area contributed by atoms with Crippen molar-refractivity contribution in [2.75, 3.05) is 19.6 Å². The summed E-state index contributed by atoms with van der Waals surface area (Å²) in [5.74, 6) is 0.149. The van der Waals surface area contributed by atoms with Gasteiger partial charge >= 0.3 is 6.09 Å². The van der Waals surface area contributed by atoms with Gasteiger partial charge < -0.3 is 10.4 Å². The van der Waals surface area contributed by atoms with Crippen molar-refractivity contribution in [1.29, 1.82) is 0 Å². The first-order valence-electron chi connectivity index (χ1n) is 6.72. The Bertz CT molecular complexity index is 658. The summed E-state index contributed by atoms with van der Waals surface area (Å²) < 4.78 is 26.5. The van der Waals surface area contributed by atoms with Crippen LogP contribution in [0.5, 0.6) is 0 Å². The molecule has 1 aromatic rings. The van der Waals surface area contributed by atoms with Crippen LogP contribution in [0.3, 0.4) is 0 Å². The minimum Gasteiger partial charge on any atom is -0.465 e. The van der Waals surface area contributed by atoms with E-state index in [-0.39, 0.29) is 15.8 Å². The minimum absolute atomic E-state index is 0.115. The van der Waals surface area contributed by atoms with Crippen LogP contribution >= 0.6 is 23.2 Å². The summed E-state index contributed by atoms with van der Waals surface area (Å²) in [4.78, 5) is 10.6. The molecule has 1 heterocycles. The van der Waals surface area contributed by atoms with E-state index in [4.69, 9.17) is 28.3 Å². The molecule has 0 saturated carbocycles. The average Bonchev–Trinajstić information content (AvgIpc) is 2.48. The number of benzene rings is 1.